The van der Waals surface area contributed by atoms with Gasteiger partial charge in [-0.2, -0.15) is 13.2 Å². The number of alkyl halides is 3. The van der Waals surface area contributed by atoms with Crippen LogP contribution in [0.2, 0.25) is 0 Å². The van der Waals surface area contributed by atoms with Gasteiger partial charge >= 0.3 is 18.4 Å². The van der Waals surface area contributed by atoms with Crippen molar-refractivity contribution < 1.29 is 50.6 Å². The Morgan fingerprint density at radius 3 is 2.24 bits per heavy atom. The van der Waals surface area contributed by atoms with Crippen molar-refractivity contribution >= 4 is 39.5 Å². The van der Waals surface area contributed by atoms with Gasteiger partial charge in [-0.3, -0.25) is 19.8 Å². The molecular weight excluding hydrogens is 585 g/mol. The van der Waals surface area contributed by atoms with E-state index in [-0.39, 0.29) is 35.0 Å². The number of aryl methyl sites for hydroxylation is 1. The van der Waals surface area contributed by atoms with Crippen molar-refractivity contribution in [3.8, 4) is 5.75 Å². The van der Waals surface area contributed by atoms with E-state index in [9.17, 15) is 36.0 Å². The van der Waals surface area contributed by atoms with E-state index in [1.807, 2.05) is 0 Å². The number of hydrogen-bond acceptors (Lipinski definition) is 7. The predicted molar refractivity (Wildman–Crippen MR) is 145 cm³/mol. The van der Waals surface area contributed by atoms with Crippen LogP contribution in [0, 0.1) is 12.3 Å². The van der Waals surface area contributed by atoms with Crippen LogP contribution in [-0.4, -0.2) is 56.0 Å². The first-order valence-electron chi connectivity index (χ1n) is 12.5. The van der Waals surface area contributed by atoms with Crippen LogP contribution in [-0.2, 0) is 19.6 Å². The molecule has 1 heterocycles. The molecule has 0 aromatic heterocycles. The first kappa shape index (κ1) is 32.3. The highest BCUT2D eigenvalue weighted by Crippen LogP contribution is 2.41. The Bertz CT molecular complexity index is 1460. The number of carbonyl (C=O) groups excluding carboxylic acids is 2. The lowest BCUT2D eigenvalue weighted by Crippen LogP contribution is -2.50. The average Bonchev–Trinajstić information content (AvgIpc) is 2.85. The predicted octanol–water partition coefficient (Wildman–Crippen LogP) is 4.56. The number of benzene rings is 2. The summed E-state index contributed by atoms with van der Waals surface area (Å²) < 4.78 is 78.6. The van der Waals surface area contributed by atoms with E-state index in [0.717, 1.165) is 9.87 Å². The fourth-order valence-corrected chi connectivity index (χ4v) is 5.43. The number of sulfonamides is 1. The third-order valence-electron chi connectivity index (χ3n) is 6.41. The quantitative estimate of drug-likeness (QED) is 0.329. The lowest BCUT2D eigenvalue weighted by molar-refractivity contribution is -0.242. The first-order valence-corrected chi connectivity index (χ1v) is 13.9. The number of rotatable bonds is 7. The molecule has 1 atom stereocenters. The maximum atomic E-state index is 13.8. The summed E-state index contributed by atoms with van der Waals surface area (Å²) in [6.45, 7) is 5.89. The fourth-order valence-electron chi connectivity index (χ4n) is 3.94. The van der Waals surface area contributed by atoms with Gasteiger partial charge in [-0.05, 0) is 57.5 Å². The maximum absolute atomic E-state index is 13.8. The van der Waals surface area contributed by atoms with E-state index >= 15 is 0 Å². The molecule has 42 heavy (non-hydrogen) atoms. The minimum Gasteiger partial charge on any atom is -0.486 e. The van der Waals surface area contributed by atoms with Crippen LogP contribution in [0.5, 0.6) is 5.75 Å². The van der Waals surface area contributed by atoms with E-state index in [2.05, 4.69) is 15.5 Å². The van der Waals surface area contributed by atoms with Crippen LogP contribution in [0.3, 0.4) is 0 Å². The maximum Gasteiger partial charge on any atom is 0.427 e. The van der Waals surface area contributed by atoms with Crippen LogP contribution < -0.4 is 25.2 Å². The number of hydrogen-bond donors (Lipinski definition) is 4. The molecule has 4 N–H and O–H groups in total. The number of nitrogens with zero attached hydrogens (tertiary/aromatic N) is 1. The summed E-state index contributed by atoms with van der Waals surface area (Å²) in [6.07, 6.45) is -8.66. The van der Waals surface area contributed by atoms with Crippen molar-refractivity contribution in [1.82, 2.24) is 10.9 Å². The Hall–Kier alpha value is -4.21. The van der Waals surface area contributed by atoms with Crippen molar-refractivity contribution in [3.63, 3.8) is 0 Å². The molecule has 0 spiro atoms. The molecule has 1 aliphatic rings. The second-order valence-electron chi connectivity index (χ2n) is 10.8. The zero-order valence-electron chi connectivity index (χ0n) is 23.3. The molecule has 2 aromatic carbocycles. The van der Waals surface area contributed by atoms with Gasteiger partial charge in [0.25, 0.3) is 10.0 Å². The Morgan fingerprint density at radius 2 is 1.67 bits per heavy atom. The van der Waals surface area contributed by atoms with Crippen LogP contribution in [0.1, 0.15) is 39.7 Å². The summed E-state index contributed by atoms with van der Waals surface area (Å²) in [5, 5.41) is 10.9. The number of nitrogens with one attached hydrogen (secondary N) is 3. The smallest absolute Gasteiger partial charge is 0.427 e. The van der Waals surface area contributed by atoms with Crippen molar-refractivity contribution in [2.45, 2.75) is 63.8 Å². The van der Waals surface area contributed by atoms with Crippen molar-refractivity contribution in [3.05, 3.63) is 48.0 Å². The highest BCUT2D eigenvalue weighted by atomic mass is 32.2. The zero-order valence-corrected chi connectivity index (χ0v) is 24.1. The lowest BCUT2D eigenvalue weighted by atomic mass is 9.85. The standard InChI is InChI=1S/C26H31F3N4O8S/c1-15-6-9-18(10-7-15)42(38,39)33-14-17(13-24(2,3)21(34)31-32-22(35)36)40-20-11-8-16(12-19(20)33)30-23(37)41-25(4,5)26(27,28)29/h6-12,17,32H,13-14H2,1-5H3,(H,30,37)(H,31,34)(H,35,36). The molecule has 12 nitrogen and oxygen atoms in total. The van der Waals surface area contributed by atoms with E-state index in [1.165, 1.54) is 44.2 Å². The highest BCUT2D eigenvalue weighted by molar-refractivity contribution is 7.92. The van der Waals surface area contributed by atoms with Gasteiger partial charge in [0, 0.05) is 11.1 Å². The van der Waals surface area contributed by atoms with Crippen LogP contribution in [0.4, 0.5) is 34.1 Å². The van der Waals surface area contributed by atoms with E-state index in [4.69, 9.17) is 9.84 Å². The molecule has 0 fully saturated rings. The SMILES string of the molecule is Cc1ccc(S(=O)(=O)N2CC(CC(C)(C)C(=O)NNC(=O)O)Oc3ccc(NC(=O)OC(C)(C)C(F)(F)F)cc32)cc1. The molecular formula is C26H31F3N4O8S. The largest absolute Gasteiger partial charge is 0.486 e. The second-order valence-corrected chi connectivity index (χ2v) is 12.6. The average molecular weight is 617 g/mol. The van der Waals surface area contributed by atoms with Gasteiger partial charge in [0.15, 0.2) is 0 Å². The number of carbonyl (C=O) groups is 3. The van der Waals surface area contributed by atoms with Gasteiger partial charge in [-0.1, -0.05) is 31.5 Å². The number of ether oxygens (including phenoxy) is 2. The topological polar surface area (TPSA) is 163 Å². The molecule has 3 amide bonds. The van der Waals surface area contributed by atoms with Gasteiger partial charge < -0.3 is 14.6 Å². The third kappa shape index (κ3) is 7.35. The monoisotopic (exact) mass is 616 g/mol. The Morgan fingerprint density at radius 1 is 1.05 bits per heavy atom. The van der Waals surface area contributed by atoms with Crippen LogP contribution in [0.15, 0.2) is 47.4 Å². The van der Waals surface area contributed by atoms with Crippen molar-refractivity contribution in [2.24, 2.45) is 5.41 Å². The molecule has 0 saturated carbocycles. The zero-order chi connectivity index (χ0) is 31.7. The number of amides is 3. The molecule has 1 unspecified atom stereocenters. The van der Waals surface area contributed by atoms with E-state index in [1.54, 1.807) is 24.5 Å². The minimum atomic E-state index is -4.84. The van der Waals surface area contributed by atoms with Gasteiger partial charge in [0.1, 0.15) is 11.9 Å². The summed E-state index contributed by atoms with van der Waals surface area (Å²) in [6, 6.07) is 9.84. The highest BCUT2D eigenvalue weighted by Gasteiger charge is 2.51. The molecule has 0 aliphatic carbocycles. The molecule has 0 saturated heterocycles. The van der Waals surface area contributed by atoms with Gasteiger partial charge in [-0.15, -0.1) is 0 Å². The molecule has 2 aromatic rings. The number of halogens is 3. The molecule has 16 heteroatoms. The summed E-state index contributed by atoms with van der Waals surface area (Å²) in [7, 11) is -4.25. The van der Waals surface area contributed by atoms with Gasteiger partial charge in [-0.25, -0.2) is 23.4 Å². The number of fused-ring (bicyclic) bond motifs is 1. The summed E-state index contributed by atoms with van der Waals surface area (Å²) >= 11 is 0. The minimum absolute atomic E-state index is 0.0190. The number of hydrazine groups is 1. The number of carboxylic acid groups (broad SMARTS) is 1. The summed E-state index contributed by atoms with van der Waals surface area (Å²) in [5.74, 6) is -0.636. The molecule has 0 bridgehead atoms. The Balaban J connectivity index is 1.96. The van der Waals surface area contributed by atoms with Crippen molar-refractivity contribution in [2.75, 3.05) is 16.2 Å². The summed E-state index contributed by atoms with van der Waals surface area (Å²) in [4.78, 5) is 35.6. The van der Waals surface area contributed by atoms with Gasteiger partial charge in [0.05, 0.1) is 17.1 Å². The second kappa shape index (κ2) is 11.6. The normalized spacial score (nSPS) is 15.6. The lowest BCUT2D eigenvalue weighted by Gasteiger charge is -2.38. The van der Waals surface area contributed by atoms with E-state index in [0.29, 0.717) is 13.8 Å². The van der Waals surface area contributed by atoms with E-state index < -0.39 is 51.4 Å². The fraction of sp³-hybridized carbons (Fsp3) is 0.423. The van der Waals surface area contributed by atoms with Crippen LogP contribution >= 0.6 is 0 Å². The Kier molecular flexibility index (Phi) is 8.91. The molecule has 0 radical (unpaired) electrons. The van der Waals surface area contributed by atoms with Gasteiger partial charge in [0.2, 0.25) is 11.5 Å². The van der Waals surface area contributed by atoms with Crippen molar-refractivity contribution in [1.29, 1.82) is 0 Å². The number of anilines is 2. The first-order chi connectivity index (χ1) is 19.2. The molecule has 230 valence electrons. The Labute approximate surface area is 240 Å². The van der Waals surface area contributed by atoms with Crippen LogP contribution in [0.25, 0.3) is 0 Å². The molecule has 3 rings (SSSR count). The summed E-state index contributed by atoms with van der Waals surface area (Å²) in [5.41, 5.74) is 0.537. The molecule has 1 aliphatic heterocycles. The third-order valence-corrected chi connectivity index (χ3v) is 8.21.